The van der Waals surface area contributed by atoms with E-state index >= 15 is 0 Å². The summed E-state index contributed by atoms with van der Waals surface area (Å²) >= 11 is 5.24. The summed E-state index contributed by atoms with van der Waals surface area (Å²) in [5.74, 6) is 0. The Kier molecular flexibility index (Phi) is 3.52. The van der Waals surface area contributed by atoms with Crippen molar-refractivity contribution >= 4 is 27.3 Å². The number of fused-ring (bicyclic) bond motifs is 1. The summed E-state index contributed by atoms with van der Waals surface area (Å²) in [6, 6.07) is 9.06. The fourth-order valence-electron chi connectivity index (χ4n) is 2.37. The maximum absolute atomic E-state index is 5.47. The van der Waals surface area contributed by atoms with E-state index in [9.17, 15) is 0 Å². The highest BCUT2D eigenvalue weighted by atomic mass is 79.9. The van der Waals surface area contributed by atoms with Gasteiger partial charge in [0.2, 0.25) is 0 Å². The Balaban J connectivity index is 1.96. The van der Waals surface area contributed by atoms with Crippen molar-refractivity contribution in [2.45, 2.75) is 19.3 Å². The second-order valence-corrected chi connectivity index (χ2v) is 6.72. The van der Waals surface area contributed by atoms with Gasteiger partial charge in [-0.1, -0.05) is 18.2 Å². The zero-order valence-corrected chi connectivity index (χ0v) is 12.5. The molecule has 1 unspecified atom stereocenters. The minimum Gasteiger partial charge on any atom is -0.372 e. The second-order valence-electron chi connectivity index (χ2n) is 4.43. The van der Waals surface area contributed by atoms with E-state index in [0.29, 0.717) is 0 Å². The Labute approximate surface area is 119 Å². The molecule has 2 aromatic rings. The Morgan fingerprint density at radius 2 is 2.06 bits per heavy atom. The van der Waals surface area contributed by atoms with Crippen molar-refractivity contribution < 1.29 is 4.74 Å². The van der Waals surface area contributed by atoms with Crippen LogP contribution >= 0.6 is 27.3 Å². The van der Waals surface area contributed by atoms with Crippen LogP contribution in [0.15, 0.2) is 33.4 Å². The standard InChI is InChI=1S/C14H14BrNOS/c1-16-14(12-5-13(15)18-8-12)9-2-3-10-6-17-7-11(10)4-9/h2-5,8,14,16H,6-7H2,1H3. The first-order chi connectivity index (χ1) is 8.78. The molecule has 0 saturated heterocycles. The van der Waals surface area contributed by atoms with Crippen LogP contribution in [-0.2, 0) is 18.0 Å². The topological polar surface area (TPSA) is 21.3 Å². The van der Waals surface area contributed by atoms with Crippen LogP contribution in [0.25, 0.3) is 0 Å². The SMILES string of the molecule is CNC(c1csc(Br)c1)c1ccc2c(c1)COC2. The molecular weight excluding hydrogens is 310 g/mol. The van der Waals surface area contributed by atoms with Crippen molar-refractivity contribution in [1.29, 1.82) is 0 Å². The Hall–Kier alpha value is -0.680. The fourth-order valence-corrected chi connectivity index (χ4v) is 3.57. The van der Waals surface area contributed by atoms with Crippen LogP contribution in [0.3, 0.4) is 0 Å². The van der Waals surface area contributed by atoms with E-state index in [0.717, 1.165) is 13.2 Å². The Morgan fingerprint density at radius 1 is 1.22 bits per heavy atom. The molecule has 0 amide bonds. The maximum Gasteiger partial charge on any atom is 0.0725 e. The first kappa shape index (κ1) is 12.4. The van der Waals surface area contributed by atoms with E-state index in [1.54, 1.807) is 11.3 Å². The first-order valence-corrected chi connectivity index (χ1v) is 7.56. The zero-order chi connectivity index (χ0) is 12.5. The van der Waals surface area contributed by atoms with Gasteiger partial charge in [0.25, 0.3) is 0 Å². The molecule has 1 aliphatic rings. The molecule has 18 heavy (non-hydrogen) atoms. The van der Waals surface area contributed by atoms with Gasteiger partial charge >= 0.3 is 0 Å². The average Bonchev–Trinajstić information content (AvgIpc) is 2.99. The molecule has 1 aromatic heterocycles. The van der Waals surface area contributed by atoms with Gasteiger partial charge in [0, 0.05) is 0 Å². The quantitative estimate of drug-likeness (QED) is 0.926. The third-order valence-electron chi connectivity index (χ3n) is 3.29. The molecule has 0 saturated carbocycles. The molecule has 1 aliphatic heterocycles. The van der Waals surface area contributed by atoms with Gasteiger partial charge in [0.15, 0.2) is 0 Å². The lowest BCUT2D eigenvalue weighted by molar-refractivity contribution is 0.134. The molecule has 0 aliphatic carbocycles. The zero-order valence-electron chi connectivity index (χ0n) is 10.1. The highest BCUT2D eigenvalue weighted by Gasteiger charge is 2.17. The summed E-state index contributed by atoms with van der Waals surface area (Å²) in [7, 11) is 2.00. The van der Waals surface area contributed by atoms with E-state index in [1.807, 2.05) is 7.05 Å². The van der Waals surface area contributed by atoms with Gasteiger partial charge < -0.3 is 10.1 Å². The van der Waals surface area contributed by atoms with E-state index < -0.39 is 0 Å². The van der Waals surface area contributed by atoms with Crippen LogP contribution in [0.5, 0.6) is 0 Å². The van der Waals surface area contributed by atoms with Crippen molar-refractivity contribution in [2.75, 3.05) is 7.05 Å². The second kappa shape index (κ2) is 5.13. The van der Waals surface area contributed by atoms with E-state index in [1.165, 1.54) is 26.0 Å². The van der Waals surface area contributed by atoms with Gasteiger partial charge in [-0.25, -0.2) is 0 Å². The van der Waals surface area contributed by atoms with Crippen LogP contribution in [0.2, 0.25) is 0 Å². The highest BCUT2D eigenvalue weighted by Crippen LogP contribution is 2.31. The van der Waals surface area contributed by atoms with Crippen LogP contribution in [-0.4, -0.2) is 7.05 Å². The lowest BCUT2D eigenvalue weighted by Gasteiger charge is -2.16. The average molecular weight is 324 g/mol. The number of halogens is 1. The maximum atomic E-state index is 5.47. The molecular formula is C14H14BrNOS. The predicted molar refractivity (Wildman–Crippen MR) is 77.9 cm³/mol. The molecule has 4 heteroatoms. The van der Waals surface area contributed by atoms with Gasteiger partial charge in [0.05, 0.1) is 23.0 Å². The third-order valence-corrected chi connectivity index (χ3v) is 4.81. The summed E-state index contributed by atoms with van der Waals surface area (Å²) in [6.07, 6.45) is 0. The van der Waals surface area contributed by atoms with Gasteiger partial charge in [-0.2, -0.15) is 0 Å². The lowest BCUT2D eigenvalue weighted by Crippen LogP contribution is -2.17. The lowest BCUT2D eigenvalue weighted by atomic mass is 9.97. The molecule has 1 N–H and O–H groups in total. The smallest absolute Gasteiger partial charge is 0.0725 e. The molecule has 0 fully saturated rings. The molecule has 0 spiro atoms. The number of rotatable bonds is 3. The Morgan fingerprint density at radius 3 is 2.78 bits per heavy atom. The molecule has 1 atom stereocenters. The normalized spacial score (nSPS) is 15.7. The third kappa shape index (κ3) is 2.26. The molecule has 0 bridgehead atoms. The molecule has 2 nitrogen and oxygen atoms in total. The van der Waals surface area contributed by atoms with E-state index in [2.05, 4.69) is 50.9 Å². The van der Waals surface area contributed by atoms with Crippen molar-refractivity contribution in [3.63, 3.8) is 0 Å². The van der Waals surface area contributed by atoms with Crippen molar-refractivity contribution in [3.05, 3.63) is 55.7 Å². The van der Waals surface area contributed by atoms with Crippen LogP contribution < -0.4 is 5.32 Å². The summed E-state index contributed by atoms with van der Waals surface area (Å²) in [5, 5.41) is 5.57. The molecule has 0 radical (unpaired) electrons. The van der Waals surface area contributed by atoms with Gasteiger partial charge in [-0.15, -0.1) is 11.3 Å². The van der Waals surface area contributed by atoms with E-state index in [4.69, 9.17) is 4.74 Å². The summed E-state index contributed by atoms with van der Waals surface area (Å²) in [4.78, 5) is 0. The Bertz CT molecular complexity index is 567. The van der Waals surface area contributed by atoms with Crippen LogP contribution in [0.4, 0.5) is 0 Å². The largest absolute Gasteiger partial charge is 0.372 e. The summed E-state index contributed by atoms with van der Waals surface area (Å²) in [5.41, 5.74) is 5.24. The number of hydrogen-bond acceptors (Lipinski definition) is 3. The van der Waals surface area contributed by atoms with Crippen LogP contribution in [0.1, 0.15) is 28.3 Å². The molecule has 2 heterocycles. The van der Waals surface area contributed by atoms with Crippen molar-refractivity contribution in [3.8, 4) is 0 Å². The van der Waals surface area contributed by atoms with Crippen molar-refractivity contribution in [2.24, 2.45) is 0 Å². The predicted octanol–water partition coefficient (Wildman–Crippen LogP) is 3.85. The molecule has 3 rings (SSSR count). The minimum absolute atomic E-state index is 0.249. The first-order valence-electron chi connectivity index (χ1n) is 5.88. The van der Waals surface area contributed by atoms with Crippen LogP contribution in [0, 0.1) is 0 Å². The van der Waals surface area contributed by atoms with Gasteiger partial charge in [0.1, 0.15) is 0 Å². The fraction of sp³-hybridized carbons (Fsp3) is 0.286. The van der Waals surface area contributed by atoms with Gasteiger partial charge in [-0.05, 0) is 56.7 Å². The molecule has 1 aromatic carbocycles. The number of benzene rings is 1. The number of ether oxygens (including phenoxy) is 1. The van der Waals surface area contributed by atoms with Crippen molar-refractivity contribution in [1.82, 2.24) is 5.32 Å². The summed E-state index contributed by atoms with van der Waals surface area (Å²) in [6.45, 7) is 1.50. The number of hydrogen-bond donors (Lipinski definition) is 1. The monoisotopic (exact) mass is 323 g/mol. The number of thiophene rings is 1. The summed E-state index contributed by atoms with van der Waals surface area (Å²) < 4.78 is 6.64. The number of nitrogens with one attached hydrogen (secondary N) is 1. The molecule has 94 valence electrons. The minimum atomic E-state index is 0.249. The highest BCUT2D eigenvalue weighted by molar-refractivity contribution is 9.11. The van der Waals surface area contributed by atoms with E-state index in [-0.39, 0.29) is 6.04 Å². The van der Waals surface area contributed by atoms with Gasteiger partial charge in [-0.3, -0.25) is 0 Å².